The molecule has 0 saturated carbocycles. The predicted octanol–water partition coefficient (Wildman–Crippen LogP) is 13.8. The van der Waals surface area contributed by atoms with E-state index in [4.69, 9.17) is 0 Å². The highest BCUT2D eigenvalue weighted by Crippen LogP contribution is 2.47. The van der Waals surface area contributed by atoms with Crippen molar-refractivity contribution in [2.24, 2.45) is 0 Å². The van der Waals surface area contributed by atoms with E-state index in [9.17, 15) is 0 Å². The Bertz CT molecular complexity index is 2440. The van der Waals surface area contributed by atoms with Gasteiger partial charge in [0.15, 0.2) is 0 Å². The molecule has 0 atom stereocenters. The number of allylic oxidation sites excluding steroid dienone is 2. The lowest BCUT2D eigenvalue weighted by Crippen LogP contribution is -2.10. The first-order chi connectivity index (χ1) is 23.9. The van der Waals surface area contributed by atoms with Crippen molar-refractivity contribution in [1.29, 1.82) is 0 Å². The SMILES string of the molecule is CC(C)(C)c1ccc(-c2c3c(c(-c4ccccc4)c4ccccc24)C=C(c2cccc(-c4cccc5c6c(sc45)C=CCC6)c2)CC3)cc1. The topological polar surface area (TPSA) is 0 Å². The molecule has 0 aliphatic heterocycles. The van der Waals surface area contributed by atoms with E-state index in [-0.39, 0.29) is 5.41 Å². The zero-order valence-electron chi connectivity index (χ0n) is 28.5. The third-order valence-electron chi connectivity index (χ3n) is 10.7. The predicted molar refractivity (Wildman–Crippen MR) is 214 cm³/mol. The molecule has 1 heteroatoms. The van der Waals surface area contributed by atoms with Gasteiger partial charge in [-0.3, -0.25) is 0 Å². The Morgan fingerprint density at radius 2 is 1.22 bits per heavy atom. The van der Waals surface area contributed by atoms with Gasteiger partial charge in [-0.2, -0.15) is 0 Å². The first kappa shape index (κ1) is 30.1. The van der Waals surface area contributed by atoms with E-state index in [0.29, 0.717) is 0 Å². The summed E-state index contributed by atoms with van der Waals surface area (Å²) in [4.78, 5) is 1.43. The molecule has 0 spiro atoms. The molecule has 0 radical (unpaired) electrons. The van der Waals surface area contributed by atoms with E-state index in [1.165, 1.54) is 92.5 Å². The molecule has 6 aromatic carbocycles. The minimum Gasteiger partial charge on any atom is -0.135 e. The maximum Gasteiger partial charge on any atom is 0.0430 e. The second kappa shape index (κ2) is 11.9. The molecule has 9 rings (SSSR count). The van der Waals surface area contributed by atoms with Crippen LogP contribution in [0.3, 0.4) is 0 Å². The van der Waals surface area contributed by atoms with Crippen LogP contribution in [0.5, 0.6) is 0 Å². The largest absolute Gasteiger partial charge is 0.135 e. The molecule has 2 aliphatic rings. The molecule has 1 aromatic heterocycles. The molecule has 0 nitrogen and oxygen atoms in total. The van der Waals surface area contributed by atoms with Crippen LogP contribution in [0.2, 0.25) is 0 Å². The molecular weight excluding hydrogens is 609 g/mol. The van der Waals surface area contributed by atoms with Gasteiger partial charge in [0, 0.05) is 9.58 Å². The maximum atomic E-state index is 2.52. The van der Waals surface area contributed by atoms with Crippen molar-refractivity contribution in [2.75, 3.05) is 0 Å². The Hall–Kier alpha value is -4.98. The lowest BCUT2D eigenvalue weighted by Gasteiger charge is -2.27. The highest BCUT2D eigenvalue weighted by molar-refractivity contribution is 7.20. The molecule has 7 aromatic rings. The van der Waals surface area contributed by atoms with Gasteiger partial charge >= 0.3 is 0 Å². The lowest BCUT2D eigenvalue weighted by atomic mass is 9.77. The van der Waals surface area contributed by atoms with E-state index >= 15 is 0 Å². The van der Waals surface area contributed by atoms with E-state index in [1.807, 2.05) is 11.3 Å². The van der Waals surface area contributed by atoms with Crippen LogP contribution in [-0.4, -0.2) is 0 Å². The van der Waals surface area contributed by atoms with Gasteiger partial charge in [-0.1, -0.05) is 148 Å². The van der Waals surface area contributed by atoms with Gasteiger partial charge in [-0.15, -0.1) is 11.3 Å². The molecule has 0 saturated heterocycles. The highest BCUT2D eigenvalue weighted by atomic mass is 32.1. The molecule has 0 N–H and O–H groups in total. The van der Waals surface area contributed by atoms with Crippen molar-refractivity contribution in [3.05, 3.63) is 160 Å². The van der Waals surface area contributed by atoms with Gasteiger partial charge in [0.2, 0.25) is 0 Å². The summed E-state index contributed by atoms with van der Waals surface area (Å²) in [5.74, 6) is 0. The minimum atomic E-state index is 0.120. The van der Waals surface area contributed by atoms with E-state index in [1.54, 1.807) is 0 Å². The van der Waals surface area contributed by atoms with Crippen LogP contribution in [0.15, 0.2) is 127 Å². The molecule has 0 unspecified atom stereocenters. The standard InChI is InChI=1S/C48H40S/c1-48(2,3)36-26-23-32(24-27-36)45-39-18-7-8-19-40(39)46(31-13-5-4-6-14-31)43-30-34(25-28-41(43)45)33-15-11-16-35(29-33)37-20-12-21-42-38-17-9-10-22-44(38)49-47(37)42/h4-8,10-16,18-24,26-27,29-30H,9,17,25,28H2,1-3H3. The molecule has 0 amide bonds. The Balaban J connectivity index is 1.23. The number of rotatable bonds is 4. The number of fused-ring (bicyclic) bond motifs is 5. The summed E-state index contributed by atoms with van der Waals surface area (Å²) in [6, 6.07) is 45.6. The smallest absolute Gasteiger partial charge is 0.0430 e. The first-order valence-corrected chi connectivity index (χ1v) is 18.5. The summed E-state index contributed by atoms with van der Waals surface area (Å²) in [5.41, 5.74) is 16.5. The number of thiophene rings is 1. The second-order valence-corrected chi connectivity index (χ2v) is 15.8. The van der Waals surface area contributed by atoms with Gasteiger partial charge < -0.3 is 0 Å². The molecular formula is C48H40S. The van der Waals surface area contributed by atoms with Crippen molar-refractivity contribution in [3.8, 4) is 33.4 Å². The zero-order chi connectivity index (χ0) is 33.1. The van der Waals surface area contributed by atoms with Crippen molar-refractivity contribution < 1.29 is 0 Å². The first-order valence-electron chi connectivity index (χ1n) is 17.7. The van der Waals surface area contributed by atoms with Gasteiger partial charge in [0.05, 0.1) is 0 Å². The molecule has 49 heavy (non-hydrogen) atoms. The fourth-order valence-electron chi connectivity index (χ4n) is 8.16. The van der Waals surface area contributed by atoms with Crippen LogP contribution >= 0.6 is 11.3 Å². The lowest BCUT2D eigenvalue weighted by molar-refractivity contribution is 0.590. The molecule has 0 bridgehead atoms. The highest BCUT2D eigenvalue weighted by Gasteiger charge is 2.25. The van der Waals surface area contributed by atoms with Gasteiger partial charge in [0.1, 0.15) is 0 Å². The molecule has 238 valence electrons. The molecule has 2 aliphatic carbocycles. The van der Waals surface area contributed by atoms with Gasteiger partial charge in [-0.05, 0) is 126 Å². The fraction of sp³-hybridized carbons (Fsp3) is 0.167. The quantitative estimate of drug-likeness (QED) is 0.178. The summed E-state index contributed by atoms with van der Waals surface area (Å²) in [7, 11) is 0. The summed E-state index contributed by atoms with van der Waals surface area (Å²) < 4.78 is 1.42. The van der Waals surface area contributed by atoms with E-state index in [2.05, 4.69) is 160 Å². The maximum absolute atomic E-state index is 2.52. The normalized spacial score (nSPS) is 14.1. The molecule has 0 fully saturated rings. The van der Waals surface area contributed by atoms with Crippen LogP contribution in [-0.2, 0) is 18.3 Å². The van der Waals surface area contributed by atoms with Crippen LogP contribution in [0.1, 0.15) is 66.3 Å². The van der Waals surface area contributed by atoms with Crippen LogP contribution in [0.25, 0.3) is 72.0 Å². The molecule has 1 heterocycles. The summed E-state index contributed by atoms with van der Waals surface area (Å²) in [5, 5.41) is 4.08. The Morgan fingerprint density at radius 1 is 0.551 bits per heavy atom. The Kier molecular flexibility index (Phi) is 7.29. The summed E-state index contributed by atoms with van der Waals surface area (Å²) in [6.07, 6.45) is 11.5. The van der Waals surface area contributed by atoms with Crippen LogP contribution < -0.4 is 0 Å². The Labute approximate surface area is 294 Å². The van der Waals surface area contributed by atoms with Gasteiger partial charge in [-0.25, -0.2) is 0 Å². The minimum absolute atomic E-state index is 0.120. The third kappa shape index (κ3) is 5.20. The zero-order valence-corrected chi connectivity index (χ0v) is 29.3. The van der Waals surface area contributed by atoms with Crippen molar-refractivity contribution >= 4 is 49.9 Å². The summed E-state index contributed by atoms with van der Waals surface area (Å²) >= 11 is 1.95. The Morgan fingerprint density at radius 3 is 2.02 bits per heavy atom. The number of aryl methyl sites for hydroxylation is 1. The van der Waals surface area contributed by atoms with Gasteiger partial charge in [0.25, 0.3) is 0 Å². The number of hydrogen-bond acceptors (Lipinski definition) is 1. The van der Waals surface area contributed by atoms with E-state index < -0.39 is 0 Å². The average Bonchev–Trinajstić information content (AvgIpc) is 3.53. The van der Waals surface area contributed by atoms with Crippen LogP contribution in [0.4, 0.5) is 0 Å². The fourth-order valence-corrected chi connectivity index (χ4v) is 9.48. The third-order valence-corrected chi connectivity index (χ3v) is 11.9. The van der Waals surface area contributed by atoms with E-state index in [0.717, 1.165) is 25.7 Å². The number of benzene rings is 6. The second-order valence-electron chi connectivity index (χ2n) is 14.7. The van der Waals surface area contributed by atoms with Crippen LogP contribution in [0, 0.1) is 0 Å². The summed E-state index contributed by atoms with van der Waals surface area (Å²) in [6.45, 7) is 6.88. The van der Waals surface area contributed by atoms with Crippen molar-refractivity contribution in [2.45, 2.75) is 51.9 Å². The van der Waals surface area contributed by atoms with Crippen molar-refractivity contribution in [3.63, 3.8) is 0 Å². The monoisotopic (exact) mass is 648 g/mol. The number of hydrogen-bond donors (Lipinski definition) is 0. The van der Waals surface area contributed by atoms with Crippen molar-refractivity contribution in [1.82, 2.24) is 0 Å². The average molecular weight is 649 g/mol.